The van der Waals surface area contributed by atoms with E-state index < -0.39 is 0 Å². The second kappa shape index (κ2) is 6.35. The fourth-order valence-corrected chi connectivity index (χ4v) is 4.17. The molecular weight excluding hydrogens is 322 g/mol. The van der Waals surface area contributed by atoms with Crippen LogP contribution in [0.4, 0.5) is 0 Å². The summed E-state index contributed by atoms with van der Waals surface area (Å²) in [6, 6.07) is 6.37. The van der Waals surface area contributed by atoms with E-state index in [2.05, 4.69) is 49.8 Å². The van der Waals surface area contributed by atoms with E-state index >= 15 is 0 Å². The molecule has 4 nitrogen and oxygen atoms in total. The van der Waals surface area contributed by atoms with Crippen molar-refractivity contribution in [3.05, 3.63) is 68.4 Å². The Hall–Kier alpha value is -2.49. The largest absolute Gasteiger partial charge is 0.294 e. The van der Waals surface area contributed by atoms with Gasteiger partial charge in [0.2, 0.25) is 0 Å². The van der Waals surface area contributed by atoms with Crippen molar-refractivity contribution in [3.63, 3.8) is 0 Å². The average molecular weight is 347 g/mol. The summed E-state index contributed by atoms with van der Waals surface area (Å²) in [5.74, 6) is 0.651. The maximum absolute atomic E-state index is 13.1. The van der Waals surface area contributed by atoms with E-state index in [1.165, 1.54) is 27.8 Å². The van der Waals surface area contributed by atoms with E-state index in [9.17, 15) is 4.79 Å². The molecule has 1 unspecified atom stereocenters. The van der Waals surface area contributed by atoms with Crippen molar-refractivity contribution in [1.29, 1.82) is 0 Å². The molecule has 0 bridgehead atoms. The minimum Gasteiger partial charge on any atom is -0.294 e. The lowest BCUT2D eigenvalue weighted by molar-refractivity contribution is 0.495. The molecule has 1 atom stereocenters. The van der Waals surface area contributed by atoms with Crippen molar-refractivity contribution >= 4 is 11.0 Å². The summed E-state index contributed by atoms with van der Waals surface area (Å²) < 4.78 is 1.72. The molecule has 2 aromatic heterocycles. The van der Waals surface area contributed by atoms with E-state index in [1.54, 1.807) is 10.9 Å². The third-order valence-electron chi connectivity index (χ3n) is 5.59. The van der Waals surface area contributed by atoms with Gasteiger partial charge in [-0.05, 0) is 74.3 Å². The van der Waals surface area contributed by atoms with Crippen LogP contribution < -0.4 is 5.56 Å². The second-order valence-corrected chi connectivity index (χ2v) is 7.87. The summed E-state index contributed by atoms with van der Waals surface area (Å²) in [5, 5.41) is 0.641. The molecule has 0 saturated carbocycles. The molecule has 1 aliphatic rings. The predicted molar refractivity (Wildman–Crippen MR) is 105 cm³/mol. The topological polar surface area (TPSA) is 47.8 Å². The number of pyridine rings is 1. The minimum atomic E-state index is 0.00269. The lowest BCUT2D eigenvalue weighted by Gasteiger charge is -2.20. The SMILES string of the molecule is Cc1cc(C)c(Cn2cnc3nc4c(cc3c2=O)CC(C)CC4)c(C)c1. The van der Waals surface area contributed by atoms with E-state index in [1.807, 2.05) is 6.07 Å². The standard InChI is InChI=1S/C22H25N3O/c1-13-5-6-20-17(9-13)10-18-21(24-20)23-12-25(22(18)26)11-19-15(3)7-14(2)8-16(19)4/h7-8,10,12-13H,5-6,9,11H2,1-4H3. The summed E-state index contributed by atoms with van der Waals surface area (Å²) in [5.41, 5.74) is 7.79. The Kier molecular flexibility index (Phi) is 4.14. The average Bonchev–Trinajstić information content (AvgIpc) is 2.58. The van der Waals surface area contributed by atoms with Crippen molar-refractivity contribution in [2.75, 3.05) is 0 Å². The normalized spacial score (nSPS) is 16.7. The van der Waals surface area contributed by atoms with Crippen LogP contribution in [-0.2, 0) is 19.4 Å². The van der Waals surface area contributed by atoms with Crippen molar-refractivity contribution in [1.82, 2.24) is 14.5 Å². The molecule has 4 heteroatoms. The number of rotatable bonds is 2. The zero-order chi connectivity index (χ0) is 18.4. The number of nitrogens with zero attached hydrogens (tertiary/aromatic N) is 3. The van der Waals surface area contributed by atoms with E-state index in [0.29, 0.717) is 23.5 Å². The molecule has 0 radical (unpaired) electrons. The number of hydrogen-bond acceptors (Lipinski definition) is 3. The van der Waals surface area contributed by atoms with E-state index in [-0.39, 0.29) is 5.56 Å². The summed E-state index contributed by atoms with van der Waals surface area (Å²) in [4.78, 5) is 22.2. The Labute approximate surface area is 153 Å². The second-order valence-electron chi connectivity index (χ2n) is 7.87. The van der Waals surface area contributed by atoms with Gasteiger partial charge < -0.3 is 0 Å². The predicted octanol–water partition coefficient (Wildman–Crippen LogP) is 3.89. The Morgan fingerprint density at radius 1 is 1.15 bits per heavy atom. The van der Waals surface area contributed by atoms with Crippen molar-refractivity contribution in [2.45, 2.75) is 53.5 Å². The number of aromatic nitrogens is 3. The highest BCUT2D eigenvalue weighted by Crippen LogP contribution is 2.25. The molecule has 1 aliphatic carbocycles. The maximum atomic E-state index is 13.1. The van der Waals surface area contributed by atoms with Gasteiger partial charge in [-0.3, -0.25) is 9.36 Å². The third-order valence-corrected chi connectivity index (χ3v) is 5.59. The van der Waals surface area contributed by atoms with Gasteiger partial charge in [0.25, 0.3) is 5.56 Å². The maximum Gasteiger partial charge on any atom is 0.263 e. The van der Waals surface area contributed by atoms with Crippen molar-refractivity contribution < 1.29 is 0 Å². The lowest BCUT2D eigenvalue weighted by atomic mass is 9.87. The van der Waals surface area contributed by atoms with Gasteiger partial charge in [-0.1, -0.05) is 24.6 Å². The van der Waals surface area contributed by atoms with Crippen LogP contribution >= 0.6 is 0 Å². The van der Waals surface area contributed by atoms with Gasteiger partial charge in [0.1, 0.15) is 6.33 Å². The number of benzene rings is 1. The molecule has 0 N–H and O–H groups in total. The van der Waals surface area contributed by atoms with Crippen LogP contribution in [0, 0.1) is 26.7 Å². The highest BCUT2D eigenvalue weighted by atomic mass is 16.1. The first-order valence-corrected chi connectivity index (χ1v) is 9.37. The molecule has 26 heavy (non-hydrogen) atoms. The summed E-state index contributed by atoms with van der Waals surface area (Å²) >= 11 is 0. The zero-order valence-electron chi connectivity index (χ0n) is 16.0. The Balaban J connectivity index is 1.80. The molecule has 0 amide bonds. The first kappa shape index (κ1) is 17.0. The van der Waals surface area contributed by atoms with Crippen molar-refractivity contribution in [2.24, 2.45) is 5.92 Å². The number of fused-ring (bicyclic) bond motifs is 2. The van der Waals surface area contributed by atoms with Crippen LogP contribution in [0.5, 0.6) is 0 Å². The highest BCUT2D eigenvalue weighted by molar-refractivity contribution is 5.74. The number of hydrogen-bond donors (Lipinski definition) is 0. The van der Waals surface area contributed by atoms with Gasteiger partial charge >= 0.3 is 0 Å². The monoisotopic (exact) mass is 347 g/mol. The first-order valence-electron chi connectivity index (χ1n) is 9.37. The number of aryl methyl sites for hydroxylation is 4. The van der Waals surface area contributed by atoms with Gasteiger partial charge in [-0.25, -0.2) is 9.97 Å². The van der Waals surface area contributed by atoms with Crippen LogP contribution in [-0.4, -0.2) is 14.5 Å². The van der Waals surface area contributed by atoms with Crippen molar-refractivity contribution in [3.8, 4) is 0 Å². The van der Waals surface area contributed by atoms with Gasteiger partial charge in [0.15, 0.2) is 5.65 Å². The van der Waals surface area contributed by atoms with Crippen LogP contribution in [0.1, 0.15) is 46.9 Å². The molecule has 4 rings (SSSR count). The smallest absolute Gasteiger partial charge is 0.263 e. The Morgan fingerprint density at radius 3 is 2.62 bits per heavy atom. The van der Waals surface area contributed by atoms with E-state index in [0.717, 1.165) is 25.0 Å². The molecule has 0 spiro atoms. The zero-order valence-corrected chi connectivity index (χ0v) is 16.0. The first-order chi connectivity index (χ1) is 12.4. The molecule has 2 heterocycles. The summed E-state index contributed by atoms with van der Waals surface area (Å²) in [6.07, 6.45) is 4.80. The highest BCUT2D eigenvalue weighted by Gasteiger charge is 2.19. The summed E-state index contributed by atoms with van der Waals surface area (Å²) in [7, 11) is 0. The van der Waals surface area contributed by atoms with Gasteiger partial charge in [-0.2, -0.15) is 0 Å². The van der Waals surface area contributed by atoms with Crippen LogP contribution in [0.2, 0.25) is 0 Å². The molecule has 3 aromatic rings. The Morgan fingerprint density at radius 2 is 1.88 bits per heavy atom. The molecule has 0 aliphatic heterocycles. The molecule has 134 valence electrons. The van der Waals surface area contributed by atoms with Crippen LogP contribution in [0.25, 0.3) is 11.0 Å². The molecule has 1 aromatic carbocycles. The molecule has 0 fully saturated rings. The fraction of sp³-hybridized carbons (Fsp3) is 0.409. The lowest BCUT2D eigenvalue weighted by Crippen LogP contribution is -2.23. The van der Waals surface area contributed by atoms with Gasteiger partial charge in [0.05, 0.1) is 11.9 Å². The van der Waals surface area contributed by atoms with Crippen LogP contribution in [0.15, 0.2) is 29.3 Å². The molecular formula is C22H25N3O. The third kappa shape index (κ3) is 2.94. The van der Waals surface area contributed by atoms with Crippen LogP contribution in [0.3, 0.4) is 0 Å². The summed E-state index contributed by atoms with van der Waals surface area (Å²) in [6.45, 7) is 9.12. The fourth-order valence-electron chi connectivity index (χ4n) is 4.17. The minimum absolute atomic E-state index is 0.00269. The van der Waals surface area contributed by atoms with E-state index in [4.69, 9.17) is 0 Å². The Bertz CT molecular complexity index is 1040. The quantitative estimate of drug-likeness (QED) is 0.706. The molecule has 0 saturated heterocycles. The van der Waals surface area contributed by atoms with Gasteiger partial charge in [0, 0.05) is 5.69 Å². The van der Waals surface area contributed by atoms with Gasteiger partial charge in [-0.15, -0.1) is 0 Å².